The Balaban J connectivity index is 2.02. The highest BCUT2D eigenvalue weighted by Crippen LogP contribution is 2.37. The van der Waals surface area contributed by atoms with Crippen LogP contribution in [0.4, 0.5) is 0 Å². The molecule has 114 valence electrons. The van der Waals surface area contributed by atoms with Crippen molar-refractivity contribution in [2.75, 3.05) is 6.54 Å². The lowest BCUT2D eigenvalue weighted by Crippen LogP contribution is -2.41. The number of halogens is 1. The maximum absolute atomic E-state index is 12.0. The predicted molar refractivity (Wildman–Crippen MR) is 80.0 cm³/mol. The lowest BCUT2D eigenvalue weighted by atomic mass is 9.84. The van der Waals surface area contributed by atoms with Crippen molar-refractivity contribution >= 4 is 30.2 Å². The minimum Gasteiger partial charge on any atom is -0.398 e. The van der Waals surface area contributed by atoms with Gasteiger partial charge in [0.05, 0.1) is 22.3 Å². The summed E-state index contributed by atoms with van der Waals surface area (Å²) in [6.07, 6.45) is 0. The maximum Gasteiger partial charge on any atom is 0.518 e. The fourth-order valence-corrected chi connectivity index (χ4v) is 2.77. The van der Waals surface area contributed by atoms with Crippen molar-refractivity contribution < 1.29 is 14.1 Å². The molecule has 1 aromatic heterocycles. The van der Waals surface area contributed by atoms with Gasteiger partial charge in [-0.2, -0.15) is 5.10 Å². The minimum absolute atomic E-state index is 0.0476. The van der Waals surface area contributed by atoms with Crippen LogP contribution in [0.3, 0.4) is 0 Å². The number of nitrogens with zero attached hydrogens (tertiary/aromatic N) is 2. The molecule has 0 unspecified atom stereocenters. The molecule has 0 saturated carbocycles. The summed E-state index contributed by atoms with van der Waals surface area (Å²) in [7, 11) is -0.666. The van der Waals surface area contributed by atoms with Gasteiger partial charge in [0, 0.05) is 6.54 Å². The van der Waals surface area contributed by atoms with Crippen LogP contribution in [0.2, 0.25) is 5.02 Å². The second-order valence-electron chi connectivity index (χ2n) is 6.64. The molecule has 3 heterocycles. The maximum atomic E-state index is 12.0. The Bertz CT molecular complexity index is 598. The third kappa shape index (κ3) is 2.10. The van der Waals surface area contributed by atoms with Gasteiger partial charge >= 0.3 is 7.12 Å². The number of rotatable bonds is 1. The summed E-state index contributed by atoms with van der Waals surface area (Å²) in [5, 5.41) is 7.57. The van der Waals surface area contributed by atoms with Crippen LogP contribution in [0.5, 0.6) is 0 Å². The summed E-state index contributed by atoms with van der Waals surface area (Å²) in [5.41, 5.74) is -0.104. The van der Waals surface area contributed by atoms with E-state index in [9.17, 15) is 4.79 Å². The van der Waals surface area contributed by atoms with Crippen molar-refractivity contribution in [1.29, 1.82) is 0 Å². The molecular weight excluding hydrogens is 292 g/mol. The summed E-state index contributed by atoms with van der Waals surface area (Å²) < 4.78 is 13.6. The number of carbonyl (C=O) groups is 1. The zero-order valence-electron chi connectivity index (χ0n) is 12.9. The highest BCUT2D eigenvalue weighted by Gasteiger charge is 2.54. The van der Waals surface area contributed by atoms with Crippen LogP contribution in [0, 0.1) is 0 Å². The van der Waals surface area contributed by atoms with Crippen molar-refractivity contribution in [3.05, 3.63) is 10.7 Å². The molecule has 0 spiro atoms. The summed E-state index contributed by atoms with van der Waals surface area (Å²) in [6, 6.07) is 0.0476. The smallest absolute Gasteiger partial charge is 0.398 e. The van der Waals surface area contributed by atoms with E-state index in [4.69, 9.17) is 20.9 Å². The van der Waals surface area contributed by atoms with E-state index in [-0.39, 0.29) is 11.9 Å². The topological polar surface area (TPSA) is 65.4 Å². The van der Waals surface area contributed by atoms with Gasteiger partial charge in [0.25, 0.3) is 5.91 Å². The first-order chi connectivity index (χ1) is 9.64. The Morgan fingerprint density at radius 1 is 1.33 bits per heavy atom. The van der Waals surface area contributed by atoms with Gasteiger partial charge in [0.2, 0.25) is 0 Å². The number of carbonyl (C=O) groups excluding carboxylic acids is 1. The molecule has 21 heavy (non-hydrogen) atoms. The number of nitrogens with one attached hydrogen (secondary N) is 1. The molecule has 6 nitrogen and oxygen atoms in total. The summed E-state index contributed by atoms with van der Waals surface area (Å²) in [6.45, 7) is 10.4. The molecule has 1 amide bonds. The number of amides is 1. The normalized spacial score (nSPS) is 26.7. The first-order valence-corrected chi connectivity index (χ1v) is 7.43. The predicted octanol–water partition coefficient (Wildman–Crippen LogP) is 1.14. The Morgan fingerprint density at radius 2 is 1.90 bits per heavy atom. The molecule has 1 atom stereocenters. The van der Waals surface area contributed by atoms with E-state index in [2.05, 4.69) is 10.4 Å². The van der Waals surface area contributed by atoms with E-state index in [0.29, 0.717) is 22.9 Å². The molecule has 0 aliphatic carbocycles. The lowest BCUT2D eigenvalue weighted by molar-refractivity contribution is 0.00578. The Kier molecular flexibility index (Phi) is 3.17. The van der Waals surface area contributed by atoms with Gasteiger partial charge in [-0.3, -0.25) is 9.48 Å². The molecule has 0 aromatic carbocycles. The number of hydrogen-bond acceptors (Lipinski definition) is 4. The van der Waals surface area contributed by atoms with Gasteiger partial charge in [-0.1, -0.05) is 11.6 Å². The standard InChI is InChI=1S/C13H19BClN3O3/c1-7-6-16-11(19)9-8(15)10(17-18(7)9)14-20-12(2,3)13(4,5)21-14/h7H,6H2,1-5H3,(H,16,19)/t7-/m0/s1. The number of aromatic nitrogens is 2. The van der Waals surface area contributed by atoms with Crippen LogP contribution in [0.15, 0.2) is 0 Å². The SMILES string of the molecule is C[C@H]1CNC(=O)c2c(Cl)c(B3OC(C)(C)C(C)(C)O3)nn21. The highest BCUT2D eigenvalue weighted by atomic mass is 35.5. The van der Waals surface area contributed by atoms with Crippen molar-refractivity contribution in [2.45, 2.75) is 51.9 Å². The summed E-state index contributed by atoms with van der Waals surface area (Å²) >= 11 is 6.36. The fraction of sp³-hybridized carbons (Fsp3) is 0.692. The molecule has 2 aliphatic heterocycles. The Morgan fingerprint density at radius 3 is 2.43 bits per heavy atom. The second-order valence-corrected chi connectivity index (χ2v) is 7.02. The Labute approximate surface area is 129 Å². The average Bonchev–Trinajstić information content (AvgIpc) is 2.81. The molecule has 1 aromatic rings. The van der Waals surface area contributed by atoms with Crippen molar-refractivity contribution in [3.63, 3.8) is 0 Å². The quantitative estimate of drug-likeness (QED) is 0.790. The first-order valence-electron chi connectivity index (χ1n) is 7.06. The van der Waals surface area contributed by atoms with Gasteiger partial charge in [-0.05, 0) is 34.6 Å². The minimum atomic E-state index is -0.666. The first kappa shape index (κ1) is 14.9. The van der Waals surface area contributed by atoms with Crippen LogP contribution in [-0.4, -0.2) is 40.6 Å². The number of fused-ring (bicyclic) bond motifs is 1. The third-order valence-corrected chi connectivity index (χ3v) is 4.92. The van der Waals surface area contributed by atoms with Gasteiger partial charge in [-0.15, -0.1) is 0 Å². The van der Waals surface area contributed by atoms with Gasteiger partial charge in [0.15, 0.2) is 0 Å². The van der Waals surface area contributed by atoms with Gasteiger partial charge < -0.3 is 14.6 Å². The molecule has 1 saturated heterocycles. The summed E-state index contributed by atoms with van der Waals surface area (Å²) in [5.74, 6) is -0.214. The van der Waals surface area contributed by atoms with Crippen LogP contribution in [-0.2, 0) is 9.31 Å². The van der Waals surface area contributed by atoms with Crippen molar-refractivity contribution in [2.24, 2.45) is 0 Å². The number of hydrogen-bond donors (Lipinski definition) is 1. The van der Waals surface area contributed by atoms with E-state index >= 15 is 0 Å². The van der Waals surface area contributed by atoms with Crippen molar-refractivity contribution in [1.82, 2.24) is 15.1 Å². The van der Waals surface area contributed by atoms with Gasteiger partial charge in [-0.25, -0.2) is 0 Å². The fourth-order valence-electron chi connectivity index (χ4n) is 2.47. The molecule has 2 aliphatic rings. The van der Waals surface area contributed by atoms with Crippen molar-refractivity contribution in [3.8, 4) is 0 Å². The van der Waals surface area contributed by atoms with E-state index in [1.54, 1.807) is 4.68 Å². The molecular formula is C13H19BClN3O3. The van der Waals surface area contributed by atoms with Crippen LogP contribution in [0.1, 0.15) is 51.1 Å². The van der Waals surface area contributed by atoms with Gasteiger partial charge in [0.1, 0.15) is 11.3 Å². The van der Waals surface area contributed by atoms with E-state index in [1.807, 2.05) is 34.6 Å². The van der Waals surface area contributed by atoms with Crippen LogP contribution >= 0.6 is 11.6 Å². The highest BCUT2D eigenvalue weighted by molar-refractivity contribution is 6.65. The monoisotopic (exact) mass is 311 g/mol. The lowest BCUT2D eigenvalue weighted by Gasteiger charge is -2.32. The Hall–Kier alpha value is -1.05. The zero-order chi connectivity index (χ0) is 15.6. The van der Waals surface area contributed by atoms with E-state index in [1.165, 1.54) is 0 Å². The molecule has 1 N–H and O–H groups in total. The molecule has 0 radical (unpaired) electrons. The van der Waals surface area contributed by atoms with E-state index < -0.39 is 18.3 Å². The zero-order valence-corrected chi connectivity index (χ0v) is 13.6. The average molecular weight is 312 g/mol. The molecule has 3 rings (SSSR count). The van der Waals surface area contributed by atoms with Crippen LogP contribution < -0.4 is 10.9 Å². The summed E-state index contributed by atoms with van der Waals surface area (Å²) in [4.78, 5) is 12.0. The van der Waals surface area contributed by atoms with E-state index in [0.717, 1.165) is 0 Å². The largest absolute Gasteiger partial charge is 0.518 e. The van der Waals surface area contributed by atoms with Crippen LogP contribution in [0.25, 0.3) is 0 Å². The molecule has 0 bridgehead atoms. The molecule has 8 heteroatoms. The third-order valence-electron chi connectivity index (χ3n) is 4.54. The second kappa shape index (κ2) is 4.47. The molecule has 1 fully saturated rings.